The third-order valence-electron chi connectivity index (χ3n) is 4.09. The molecule has 0 amide bonds. The number of thiazole rings is 1. The molecular formula is C17H23N3S. The molecule has 1 aromatic carbocycles. The molecule has 112 valence electrons. The van der Waals surface area contributed by atoms with Gasteiger partial charge in [0, 0.05) is 37.1 Å². The van der Waals surface area contributed by atoms with Crippen LogP contribution in [0.15, 0.2) is 41.9 Å². The number of aromatic nitrogens is 1. The summed E-state index contributed by atoms with van der Waals surface area (Å²) in [7, 11) is 0. The first-order valence-electron chi connectivity index (χ1n) is 7.78. The third kappa shape index (κ3) is 4.63. The summed E-state index contributed by atoms with van der Waals surface area (Å²) in [6.07, 6.45) is 5.46. The van der Waals surface area contributed by atoms with Gasteiger partial charge in [0.2, 0.25) is 0 Å². The first-order chi connectivity index (χ1) is 10.4. The van der Waals surface area contributed by atoms with Crippen LogP contribution in [0.1, 0.15) is 23.4 Å². The average molecular weight is 301 g/mol. The molecular weight excluding hydrogens is 278 g/mol. The van der Waals surface area contributed by atoms with Gasteiger partial charge in [0.15, 0.2) is 0 Å². The van der Waals surface area contributed by atoms with Crippen LogP contribution in [0, 0.1) is 0 Å². The first-order valence-corrected chi connectivity index (χ1v) is 8.66. The van der Waals surface area contributed by atoms with Gasteiger partial charge in [-0.25, -0.2) is 4.98 Å². The molecule has 1 aliphatic rings. The molecule has 3 nitrogen and oxygen atoms in total. The Balaban J connectivity index is 1.35. The van der Waals surface area contributed by atoms with Crippen LogP contribution in [0.2, 0.25) is 0 Å². The highest BCUT2D eigenvalue weighted by molar-refractivity contribution is 7.09. The zero-order valence-corrected chi connectivity index (χ0v) is 13.2. The summed E-state index contributed by atoms with van der Waals surface area (Å²) in [6.45, 7) is 4.54. The maximum absolute atomic E-state index is 4.33. The summed E-state index contributed by atoms with van der Waals surface area (Å²) in [4.78, 5) is 6.89. The van der Waals surface area contributed by atoms with Crippen molar-refractivity contribution < 1.29 is 0 Å². The van der Waals surface area contributed by atoms with Crippen molar-refractivity contribution in [2.75, 3.05) is 19.6 Å². The van der Waals surface area contributed by atoms with Gasteiger partial charge in [-0.1, -0.05) is 30.3 Å². The standard InChI is InChI=1S/C17H23N3S/c1-2-4-15(5-3-1)14-20-11-7-16(8-12-20)18-9-6-17-19-10-13-21-17/h1-5,10,13,16,18H,6-9,11-12,14H2. The molecule has 1 N–H and O–H groups in total. The first kappa shape index (κ1) is 14.7. The van der Waals surface area contributed by atoms with Crippen molar-refractivity contribution >= 4 is 11.3 Å². The molecule has 0 radical (unpaired) electrons. The Hall–Kier alpha value is -1.23. The molecule has 4 heteroatoms. The van der Waals surface area contributed by atoms with Crippen LogP contribution in [-0.2, 0) is 13.0 Å². The van der Waals surface area contributed by atoms with Crippen molar-refractivity contribution in [2.45, 2.75) is 31.8 Å². The second kappa shape index (κ2) is 7.69. The molecule has 3 rings (SSSR count). The summed E-state index contributed by atoms with van der Waals surface area (Å²) in [6, 6.07) is 11.5. The number of piperidine rings is 1. The minimum atomic E-state index is 0.678. The molecule has 0 bridgehead atoms. The topological polar surface area (TPSA) is 28.2 Å². The second-order valence-corrected chi connectivity index (χ2v) is 6.65. The Morgan fingerprint density at radius 3 is 2.71 bits per heavy atom. The SMILES string of the molecule is c1ccc(CN2CCC(NCCc3nccs3)CC2)cc1. The van der Waals surface area contributed by atoms with Crippen LogP contribution >= 0.6 is 11.3 Å². The molecule has 0 atom stereocenters. The van der Waals surface area contributed by atoms with E-state index in [0.717, 1.165) is 19.5 Å². The molecule has 2 heterocycles. The summed E-state index contributed by atoms with van der Waals surface area (Å²) >= 11 is 1.75. The van der Waals surface area contributed by atoms with Crippen LogP contribution in [0.3, 0.4) is 0 Å². The van der Waals surface area contributed by atoms with Gasteiger partial charge in [0.25, 0.3) is 0 Å². The van der Waals surface area contributed by atoms with E-state index in [4.69, 9.17) is 0 Å². The lowest BCUT2D eigenvalue weighted by Crippen LogP contribution is -2.42. The maximum Gasteiger partial charge on any atom is 0.0937 e. The molecule has 0 unspecified atom stereocenters. The lowest BCUT2D eigenvalue weighted by molar-refractivity contribution is 0.191. The van der Waals surface area contributed by atoms with Gasteiger partial charge >= 0.3 is 0 Å². The number of hydrogen-bond acceptors (Lipinski definition) is 4. The van der Waals surface area contributed by atoms with Gasteiger partial charge < -0.3 is 5.32 Å². The fourth-order valence-electron chi connectivity index (χ4n) is 2.90. The van der Waals surface area contributed by atoms with Gasteiger partial charge in [-0.15, -0.1) is 11.3 Å². The zero-order chi connectivity index (χ0) is 14.3. The Kier molecular flexibility index (Phi) is 5.38. The van der Waals surface area contributed by atoms with E-state index in [0.29, 0.717) is 6.04 Å². The van der Waals surface area contributed by atoms with E-state index in [1.54, 1.807) is 11.3 Å². The predicted octanol–water partition coefficient (Wildman–Crippen LogP) is 2.94. The average Bonchev–Trinajstić information content (AvgIpc) is 3.03. The van der Waals surface area contributed by atoms with E-state index in [-0.39, 0.29) is 0 Å². The normalized spacial score (nSPS) is 17.1. The fraction of sp³-hybridized carbons (Fsp3) is 0.471. The predicted molar refractivity (Wildman–Crippen MR) is 88.6 cm³/mol. The highest BCUT2D eigenvalue weighted by atomic mass is 32.1. The Labute approximate surface area is 131 Å². The van der Waals surface area contributed by atoms with Crippen molar-refractivity contribution in [1.82, 2.24) is 15.2 Å². The van der Waals surface area contributed by atoms with E-state index >= 15 is 0 Å². The van der Waals surface area contributed by atoms with Crippen molar-refractivity contribution in [1.29, 1.82) is 0 Å². The molecule has 2 aromatic rings. The van der Waals surface area contributed by atoms with Crippen molar-refractivity contribution in [2.24, 2.45) is 0 Å². The monoisotopic (exact) mass is 301 g/mol. The summed E-state index contributed by atoms with van der Waals surface area (Å²) in [5.41, 5.74) is 1.42. The highest BCUT2D eigenvalue weighted by Crippen LogP contribution is 2.14. The lowest BCUT2D eigenvalue weighted by atomic mass is 10.0. The summed E-state index contributed by atoms with van der Waals surface area (Å²) < 4.78 is 0. The minimum absolute atomic E-state index is 0.678. The number of rotatable bonds is 6. The van der Waals surface area contributed by atoms with E-state index in [1.807, 2.05) is 6.20 Å². The van der Waals surface area contributed by atoms with Crippen LogP contribution in [0.5, 0.6) is 0 Å². The maximum atomic E-state index is 4.33. The van der Waals surface area contributed by atoms with E-state index < -0.39 is 0 Å². The summed E-state index contributed by atoms with van der Waals surface area (Å²) in [5.74, 6) is 0. The van der Waals surface area contributed by atoms with Crippen LogP contribution in [0.4, 0.5) is 0 Å². The zero-order valence-electron chi connectivity index (χ0n) is 12.4. The molecule has 21 heavy (non-hydrogen) atoms. The quantitative estimate of drug-likeness (QED) is 0.889. The Bertz CT molecular complexity index is 504. The van der Waals surface area contributed by atoms with Gasteiger partial charge in [0.1, 0.15) is 0 Å². The highest BCUT2D eigenvalue weighted by Gasteiger charge is 2.18. The second-order valence-electron chi connectivity index (χ2n) is 5.67. The van der Waals surface area contributed by atoms with E-state index in [9.17, 15) is 0 Å². The van der Waals surface area contributed by atoms with Gasteiger partial charge in [0.05, 0.1) is 5.01 Å². The molecule has 1 fully saturated rings. The van der Waals surface area contributed by atoms with Crippen molar-refractivity contribution in [3.63, 3.8) is 0 Å². The number of hydrogen-bond donors (Lipinski definition) is 1. The molecule has 1 aliphatic heterocycles. The number of benzene rings is 1. The Morgan fingerprint density at radius 2 is 2.00 bits per heavy atom. The van der Waals surface area contributed by atoms with Crippen molar-refractivity contribution in [3.05, 3.63) is 52.5 Å². The van der Waals surface area contributed by atoms with Gasteiger partial charge in [-0.3, -0.25) is 4.90 Å². The lowest BCUT2D eigenvalue weighted by Gasteiger charge is -2.32. The molecule has 0 saturated carbocycles. The Morgan fingerprint density at radius 1 is 1.19 bits per heavy atom. The van der Waals surface area contributed by atoms with Crippen LogP contribution in [-0.4, -0.2) is 35.6 Å². The van der Waals surface area contributed by atoms with Crippen LogP contribution < -0.4 is 5.32 Å². The number of nitrogens with zero attached hydrogens (tertiary/aromatic N) is 2. The summed E-state index contributed by atoms with van der Waals surface area (Å²) in [5, 5.41) is 6.98. The minimum Gasteiger partial charge on any atom is -0.313 e. The molecule has 0 spiro atoms. The van der Waals surface area contributed by atoms with Gasteiger partial charge in [-0.05, 0) is 31.5 Å². The van der Waals surface area contributed by atoms with Crippen molar-refractivity contribution in [3.8, 4) is 0 Å². The molecule has 1 aromatic heterocycles. The number of nitrogens with one attached hydrogen (secondary N) is 1. The smallest absolute Gasteiger partial charge is 0.0937 e. The fourth-order valence-corrected chi connectivity index (χ4v) is 3.52. The van der Waals surface area contributed by atoms with E-state index in [2.05, 4.69) is 50.9 Å². The van der Waals surface area contributed by atoms with Gasteiger partial charge in [-0.2, -0.15) is 0 Å². The largest absolute Gasteiger partial charge is 0.313 e. The van der Waals surface area contributed by atoms with E-state index in [1.165, 1.54) is 36.5 Å². The molecule has 1 saturated heterocycles. The van der Waals surface area contributed by atoms with Crippen LogP contribution in [0.25, 0.3) is 0 Å². The third-order valence-corrected chi connectivity index (χ3v) is 4.93. The molecule has 0 aliphatic carbocycles. The number of likely N-dealkylation sites (tertiary alicyclic amines) is 1.